The lowest BCUT2D eigenvalue weighted by molar-refractivity contribution is -0.0568. The van der Waals surface area contributed by atoms with E-state index in [9.17, 15) is 0 Å². The molecule has 76 valence electrons. The molecular weight excluding hydrogens is 162 g/mol. The van der Waals surface area contributed by atoms with Gasteiger partial charge in [-0.05, 0) is 32.2 Å². The molecule has 0 N–H and O–H groups in total. The monoisotopic (exact) mass is 183 g/mol. The van der Waals surface area contributed by atoms with E-state index in [0.29, 0.717) is 5.41 Å². The van der Waals surface area contributed by atoms with Gasteiger partial charge in [-0.2, -0.15) is 0 Å². The number of piperidine rings is 1. The number of hydrogen-bond acceptors (Lipinski definition) is 2. The first kappa shape index (κ1) is 9.47. The van der Waals surface area contributed by atoms with Crippen molar-refractivity contribution in [2.75, 3.05) is 33.4 Å². The summed E-state index contributed by atoms with van der Waals surface area (Å²) in [4.78, 5) is 2.48. The average Bonchev–Trinajstić information content (AvgIpc) is 2.02. The molecule has 2 atom stereocenters. The first-order chi connectivity index (χ1) is 6.20. The fourth-order valence-electron chi connectivity index (χ4n) is 3.23. The van der Waals surface area contributed by atoms with E-state index in [0.717, 1.165) is 19.1 Å². The van der Waals surface area contributed by atoms with Crippen LogP contribution in [0.2, 0.25) is 0 Å². The Morgan fingerprint density at radius 3 is 2.92 bits per heavy atom. The number of rotatable bonds is 0. The molecule has 2 heteroatoms. The van der Waals surface area contributed by atoms with E-state index < -0.39 is 0 Å². The normalized spacial score (nSPS) is 42.5. The average molecular weight is 183 g/mol. The Morgan fingerprint density at radius 2 is 2.31 bits per heavy atom. The number of likely N-dealkylation sites (tertiary alicyclic amines) is 1. The van der Waals surface area contributed by atoms with Crippen molar-refractivity contribution in [3.63, 3.8) is 0 Å². The van der Waals surface area contributed by atoms with Crippen LogP contribution in [0.15, 0.2) is 0 Å². The minimum absolute atomic E-state index is 0.505. The highest BCUT2D eigenvalue weighted by Gasteiger charge is 2.38. The number of hydrogen-bond donors (Lipinski definition) is 0. The maximum Gasteiger partial charge on any atom is 0.0534 e. The Morgan fingerprint density at radius 1 is 1.46 bits per heavy atom. The molecule has 2 aliphatic rings. The second kappa shape index (κ2) is 3.58. The van der Waals surface area contributed by atoms with Crippen LogP contribution in [0.4, 0.5) is 0 Å². The molecule has 2 rings (SSSR count). The van der Waals surface area contributed by atoms with Gasteiger partial charge in [0.05, 0.1) is 6.61 Å². The third kappa shape index (κ3) is 2.05. The van der Waals surface area contributed by atoms with Crippen LogP contribution in [0.3, 0.4) is 0 Å². The van der Waals surface area contributed by atoms with Gasteiger partial charge in [-0.25, -0.2) is 0 Å². The van der Waals surface area contributed by atoms with Gasteiger partial charge >= 0.3 is 0 Å². The van der Waals surface area contributed by atoms with Gasteiger partial charge in [0.1, 0.15) is 0 Å². The molecule has 13 heavy (non-hydrogen) atoms. The van der Waals surface area contributed by atoms with Gasteiger partial charge in [0.15, 0.2) is 0 Å². The van der Waals surface area contributed by atoms with Crippen LogP contribution in [-0.2, 0) is 4.74 Å². The summed E-state index contributed by atoms with van der Waals surface area (Å²) >= 11 is 0. The third-order valence-electron chi connectivity index (χ3n) is 3.41. The predicted octanol–water partition coefficient (Wildman–Crippen LogP) is 1.75. The van der Waals surface area contributed by atoms with E-state index in [4.69, 9.17) is 4.74 Å². The lowest BCUT2D eigenvalue weighted by atomic mass is 9.73. The van der Waals surface area contributed by atoms with E-state index in [1.165, 1.54) is 32.4 Å². The smallest absolute Gasteiger partial charge is 0.0534 e. The molecule has 0 amide bonds. The SMILES string of the molecule is CC1CN(C)CC2(CCCOC2)C1. The fourth-order valence-corrected chi connectivity index (χ4v) is 3.23. The quantitative estimate of drug-likeness (QED) is 0.567. The summed E-state index contributed by atoms with van der Waals surface area (Å²) in [5.41, 5.74) is 0.505. The molecule has 0 aliphatic carbocycles. The third-order valence-corrected chi connectivity index (χ3v) is 3.41. The Labute approximate surface area is 81.3 Å². The minimum atomic E-state index is 0.505. The van der Waals surface area contributed by atoms with Gasteiger partial charge in [-0.15, -0.1) is 0 Å². The van der Waals surface area contributed by atoms with E-state index in [2.05, 4.69) is 18.9 Å². The van der Waals surface area contributed by atoms with Crippen molar-refractivity contribution in [2.45, 2.75) is 26.2 Å². The lowest BCUT2D eigenvalue weighted by Gasteiger charge is -2.46. The van der Waals surface area contributed by atoms with Gasteiger partial charge in [0.2, 0.25) is 0 Å². The zero-order valence-electron chi connectivity index (χ0n) is 8.88. The van der Waals surface area contributed by atoms with Crippen LogP contribution in [0, 0.1) is 11.3 Å². The maximum atomic E-state index is 5.63. The molecule has 2 aliphatic heterocycles. The van der Waals surface area contributed by atoms with Gasteiger partial charge in [0.25, 0.3) is 0 Å². The van der Waals surface area contributed by atoms with Crippen LogP contribution in [0.25, 0.3) is 0 Å². The molecule has 2 heterocycles. The molecule has 0 aromatic heterocycles. The summed E-state index contributed by atoms with van der Waals surface area (Å²) < 4.78 is 5.63. The maximum absolute atomic E-state index is 5.63. The Hall–Kier alpha value is -0.0800. The summed E-state index contributed by atoms with van der Waals surface area (Å²) in [6, 6.07) is 0. The van der Waals surface area contributed by atoms with Crippen LogP contribution < -0.4 is 0 Å². The fraction of sp³-hybridized carbons (Fsp3) is 1.00. The lowest BCUT2D eigenvalue weighted by Crippen LogP contribution is -2.48. The highest BCUT2D eigenvalue weighted by Crippen LogP contribution is 2.38. The first-order valence-corrected chi connectivity index (χ1v) is 5.47. The highest BCUT2D eigenvalue weighted by atomic mass is 16.5. The molecule has 2 nitrogen and oxygen atoms in total. The zero-order valence-corrected chi connectivity index (χ0v) is 8.88. The zero-order chi connectivity index (χ0) is 9.31. The summed E-state index contributed by atoms with van der Waals surface area (Å²) in [6.45, 7) is 6.87. The molecule has 1 spiro atoms. The molecule has 2 saturated heterocycles. The van der Waals surface area contributed by atoms with Crippen molar-refractivity contribution in [1.82, 2.24) is 4.90 Å². The Bertz CT molecular complexity index is 163. The molecule has 0 aromatic carbocycles. The van der Waals surface area contributed by atoms with Gasteiger partial charge in [-0.1, -0.05) is 6.92 Å². The van der Waals surface area contributed by atoms with Crippen LogP contribution in [0.1, 0.15) is 26.2 Å². The summed E-state index contributed by atoms with van der Waals surface area (Å²) in [7, 11) is 2.24. The summed E-state index contributed by atoms with van der Waals surface area (Å²) in [5, 5.41) is 0. The van der Waals surface area contributed by atoms with Gasteiger partial charge in [-0.3, -0.25) is 0 Å². The molecular formula is C11H21NO. The van der Waals surface area contributed by atoms with Crippen molar-refractivity contribution in [3.05, 3.63) is 0 Å². The van der Waals surface area contributed by atoms with Crippen molar-refractivity contribution >= 4 is 0 Å². The summed E-state index contributed by atoms with van der Waals surface area (Å²) in [6.07, 6.45) is 4.01. The molecule has 0 saturated carbocycles. The largest absolute Gasteiger partial charge is 0.381 e. The standard InChI is InChI=1S/C11H21NO/c1-10-6-11(8-12(2)7-10)4-3-5-13-9-11/h10H,3-9H2,1-2H3. The second-order valence-electron chi connectivity index (χ2n) is 5.16. The van der Waals surface area contributed by atoms with Crippen LogP contribution in [0.5, 0.6) is 0 Å². The topological polar surface area (TPSA) is 12.5 Å². The molecule has 2 unspecified atom stereocenters. The van der Waals surface area contributed by atoms with Crippen molar-refractivity contribution in [1.29, 1.82) is 0 Å². The molecule has 0 aromatic rings. The van der Waals surface area contributed by atoms with E-state index in [-0.39, 0.29) is 0 Å². The first-order valence-electron chi connectivity index (χ1n) is 5.47. The number of ether oxygens (including phenoxy) is 1. The second-order valence-corrected chi connectivity index (χ2v) is 5.16. The number of nitrogens with zero attached hydrogens (tertiary/aromatic N) is 1. The van der Waals surface area contributed by atoms with Crippen LogP contribution >= 0.6 is 0 Å². The highest BCUT2D eigenvalue weighted by molar-refractivity contribution is 4.90. The molecule has 0 bridgehead atoms. The molecule has 2 fully saturated rings. The van der Waals surface area contributed by atoms with Crippen molar-refractivity contribution < 1.29 is 4.74 Å². The van der Waals surface area contributed by atoms with E-state index >= 15 is 0 Å². The predicted molar refractivity (Wildman–Crippen MR) is 53.8 cm³/mol. The minimum Gasteiger partial charge on any atom is -0.381 e. The van der Waals surface area contributed by atoms with E-state index in [1.807, 2.05) is 0 Å². The Kier molecular flexibility index (Phi) is 2.61. The Balaban J connectivity index is 2.02. The van der Waals surface area contributed by atoms with Crippen LogP contribution in [-0.4, -0.2) is 38.3 Å². The van der Waals surface area contributed by atoms with Crippen molar-refractivity contribution in [2.24, 2.45) is 11.3 Å². The van der Waals surface area contributed by atoms with Gasteiger partial charge in [0, 0.05) is 25.1 Å². The van der Waals surface area contributed by atoms with Gasteiger partial charge < -0.3 is 9.64 Å². The summed E-state index contributed by atoms with van der Waals surface area (Å²) in [5.74, 6) is 0.848. The molecule has 0 radical (unpaired) electrons. The van der Waals surface area contributed by atoms with Crippen molar-refractivity contribution in [3.8, 4) is 0 Å². The van der Waals surface area contributed by atoms with E-state index in [1.54, 1.807) is 0 Å².